The number of amides is 4. The van der Waals surface area contributed by atoms with Crippen molar-refractivity contribution < 1.29 is 71.4 Å². The van der Waals surface area contributed by atoms with E-state index in [9.17, 15) is 28.8 Å². The number of rotatable bonds is 37. The SMILES string of the molecule is COCCOCCOCCOCCOCCOCCOCCOC(=O)CCC(=O)O[C@H](CN1C[C@H]2CCCC[C@H]2C[C@H]1C(=O)NC(C)(C)C)[C@H](Cc1ccccc1)NC(=O)[C@H](CC(N)=O)NC(=O)c1ccc2ccccc2n1. The van der Waals surface area contributed by atoms with Crippen LogP contribution < -0.4 is 21.7 Å². The lowest BCUT2D eigenvalue weighted by molar-refractivity contribution is -0.158. The van der Waals surface area contributed by atoms with Gasteiger partial charge < -0.3 is 64.3 Å². The number of carbonyl (C=O) groups excluding carboxylic acids is 6. The maximum absolute atomic E-state index is 14.5. The number of benzene rings is 2. The summed E-state index contributed by atoms with van der Waals surface area (Å²) in [5.74, 6) is -3.18. The number of carbonyl (C=O) groups is 6. The van der Waals surface area contributed by atoms with Crippen molar-refractivity contribution in [2.24, 2.45) is 17.6 Å². The predicted molar refractivity (Wildman–Crippen MR) is 289 cm³/mol. The molecule has 4 amide bonds. The van der Waals surface area contributed by atoms with E-state index < -0.39 is 65.8 Å². The number of likely N-dealkylation sites (tertiary alicyclic amines) is 1. The standard InChI is InChI=1S/C57H84N6O15/c1-57(2,3)62-56(69)49-37-43-15-8-9-16-44(43)39-63(49)40-50(78-53(66)21-20-52(65)77-35-34-76-33-32-75-31-30-74-29-28-73-27-26-72-25-24-71-23-22-70-4)47(36-41-12-6-5-7-13-41)60-55(68)48(38-51(58)64)61-54(67)46-19-18-42-14-10-11-17-45(42)59-46/h5-7,10-14,17-19,43-44,47-50H,8-9,15-16,20-40H2,1-4H3,(H2,58,64)(H,60,68)(H,61,67)(H,62,69)/t43-,44+,47-,48-,49-,50+/m0/s1. The van der Waals surface area contributed by atoms with Crippen LogP contribution in [0.5, 0.6) is 0 Å². The van der Waals surface area contributed by atoms with Crippen LogP contribution in [0, 0.1) is 11.8 Å². The van der Waals surface area contributed by atoms with Gasteiger partial charge in [-0.1, -0.05) is 73.9 Å². The number of primary amides is 1. The molecule has 3 aromatic rings. The molecule has 5 rings (SSSR count). The molecule has 2 heterocycles. The van der Waals surface area contributed by atoms with Crippen molar-refractivity contribution in [3.05, 3.63) is 78.0 Å². The van der Waals surface area contributed by atoms with Crippen molar-refractivity contribution in [2.75, 3.05) is 113 Å². The number of hydrogen-bond acceptors (Lipinski definition) is 17. The number of methoxy groups -OCH3 is 1. The number of nitrogens with one attached hydrogen (secondary N) is 3. The van der Waals surface area contributed by atoms with Crippen molar-refractivity contribution in [3.8, 4) is 0 Å². The highest BCUT2D eigenvalue weighted by Crippen LogP contribution is 2.39. The molecule has 1 aliphatic heterocycles. The van der Waals surface area contributed by atoms with Gasteiger partial charge in [0.2, 0.25) is 17.7 Å². The quantitative estimate of drug-likeness (QED) is 0.0474. The number of pyridine rings is 1. The maximum Gasteiger partial charge on any atom is 0.306 e. The molecule has 1 aliphatic carbocycles. The Morgan fingerprint density at radius 2 is 1.24 bits per heavy atom. The average molecular weight is 1090 g/mol. The molecule has 1 saturated heterocycles. The highest BCUT2D eigenvalue weighted by atomic mass is 16.6. The van der Waals surface area contributed by atoms with Crippen LogP contribution >= 0.6 is 0 Å². The minimum absolute atomic E-state index is 0.0250. The van der Waals surface area contributed by atoms with Crippen LogP contribution in [-0.2, 0) is 73.0 Å². The van der Waals surface area contributed by atoms with E-state index in [0.29, 0.717) is 103 Å². The number of aromatic nitrogens is 1. The Morgan fingerprint density at radius 1 is 0.679 bits per heavy atom. The monoisotopic (exact) mass is 1090 g/mol. The van der Waals surface area contributed by atoms with Crippen molar-refractivity contribution >= 4 is 46.5 Å². The summed E-state index contributed by atoms with van der Waals surface area (Å²) in [4.78, 5) is 88.3. The van der Waals surface area contributed by atoms with Crippen LogP contribution in [0.15, 0.2) is 66.7 Å². The van der Waals surface area contributed by atoms with Gasteiger partial charge in [0.25, 0.3) is 5.91 Å². The normalized spacial score (nSPS) is 17.8. The predicted octanol–water partition coefficient (Wildman–Crippen LogP) is 3.71. The highest BCUT2D eigenvalue weighted by Gasteiger charge is 2.43. The second kappa shape index (κ2) is 35.1. The van der Waals surface area contributed by atoms with Crippen molar-refractivity contribution in [1.82, 2.24) is 25.8 Å². The van der Waals surface area contributed by atoms with E-state index in [-0.39, 0.29) is 57.2 Å². The zero-order valence-electron chi connectivity index (χ0n) is 46.1. The Balaban J connectivity index is 1.17. The molecule has 0 spiro atoms. The second-order valence-electron chi connectivity index (χ2n) is 20.6. The molecule has 1 aromatic heterocycles. The summed E-state index contributed by atoms with van der Waals surface area (Å²) in [5.41, 5.74) is 6.51. The summed E-state index contributed by atoms with van der Waals surface area (Å²) in [6.07, 6.45) is 2.64. The lowest BCUT2D eigenvalue weighted by Crippen LogP contribution is -2.61. The number of piperidine rings is 1. The molecule has 2 aliphatic rings. The summed E-state index contributed by atoms with van der Waals surface area (Å²) in [7, 11) is 1.62. The Morgan fingerprint density at radius 3 is 1.85 bits per heavy atom. The molecule has 0 unspecified atom stereocenters. The van der Waals surface area contributed by atoms with Gasteiger partial charge in [0.1, 0.15) is 24.4 Å². The fourth-order valence-electron chi connectivity index (χ4n) is 9.43. The van der Waals surface area contributed by atoms with Gasteiger partial charge in [-0.15, -0.1) is 0 Å². The number of nitrogens with zero attached hydrogens (tertiary/aromatic N) is 2. The maximum atomic E-state index is 14.5. The molecule has 2 aromatic carbocycles. The van der Waals surface area contributed by atoms with Gasteiger partial charge in [0.05, 0.1) is 123 Å². The minimum Gasteiger partial charge on any atom is -0.463 e. The number of hydrogen-bond donors (Lipinski definition) is 4. The third kappa shape index (κ3) is 24.2. The first kappa shape index (κ1) is 63.2. The lowest BCUT2D eigenvalue weighted by atomic mass is 9.72. The Kier molecular flexibility index (Phi) is 28.4. The van der Waals surface area contributed by atoms with Crippen LogP contribution in [0.3, 0.4) is 0 Å². The van der Waals surface area contributed by atoms with Gasteiger partial charge in [-0.3, -0.25) is 33.7 Å². The molecule has 21 heteroatoms. The molecule has 21 nitrogen and oxygen atoms in total. The molecule has 0 bridgehead atoms. The van der Waals surface area contributed by atoms with Gasteiger partial charge in [-0.2, -0.15) is 0 Å². The van der Waals surface area contributed by atoms with E-state index in [2.05, 4.69) is 25.8 Å². The van der Waals surface area contributed by atoms with E-state index in [0.717, 1.165) is 36.6 Å². The van der Waals surface area contributed by atoms with Crippen LogP contribution in [-0.4, -0.2) is 188 Å². The summed E-state index contributed by atoms with van der Waals surface area (Å²) >= 11 is 0. The van der Waals surface area contributed by atoms with E-state index in [1.165, 1.54) is 6.07 Å². The van der Waals surface area contributed by atoms with Crippen molar-refractivity contribution in [1.29, 1.82) is 0 Å². The van der Waals surface area contributed by atoms with Crippen molar-refractivity contribution in [3.63, 3.8) is 0 Å². The van der Waals surface area contributed by atoms with Crippen LogP contribution in [0.25, 0.3) is 10.9 Å². The van der Waals surface area contributed by atoms with Crippen LogP contribution in [0.1, 0.15) is 88.2 Å². The smallest absolute Gasteiger partial charge is 0.306 e. The molecule has 2 fully saturated rings. The zero-order valence-corrected chi connectivity index (χ0v) is 46.1. The molecule has 432 valence electrons. The van der Waals surface area contributed by atoms with Gasteiger partial charge in [0.15, 0.2) is 0 Å². The molecule has 78 heavy (non-hydrogen) atoms. The van der Waals surface area contributed by atoms with Crippen molar-refractivity contribution in [2.45, 2.75) is 108 Å². The first-order valence-electron chi connectivity index (χ1n) is 27.3. The third-order valence-corrected chi connectivity index (χ3v) is 13.2. The molecular weight excluding hydrogens is 1010 g/mol. The Hall–Kier alpha value is -5.65. The summed E-state index contributed by atoms with van der Waals surface area (Å²) in [6.45, 7) is 11.6. The van der Waals surface area contributed by atoms with E-state index in [1.807, 2.05) is 63.2 Å². The largest absolute Gasteiger partial charge is 0.463 e. The van der Waals surface area contributed by atoms with E-state index in [1.54, 1.807) is 25.3 Å². The Bertz CT molecular complexity index is 2290. The zero-order chi connectivity index (χ0) is 56.0. The molecule has 6 atom stereocenters. The number of fused-ring (bicyclic) bond motifs is 2. The first-order chi connectivity index (χ1) is 37.7. The number of esters is 2. The first-order valence-corrected chi connectivity index (χ1v) is 27.3. The summed E-state index contributed by atoms with van der Waals surface area (Å²) in [5, 5.41) is 9.64. The lowest BCUT2D eigenvalue weighted by Gasteiger charge is -2.47. The molecule has 0 radical (unpaired) electrons. The fraction of sp³-hybridized carbons (Fsp3) is 0.632. The number of para-hydroxylation sites is 1. The number of nitrogens with two attached hydrogens (primary N) is 1. The number of ether oxygens (including phenoxy) is 9. The highest BCUT2D eigenvalue weighted by molar-refractivity contribution is 5.99. The molecular formula is C57H84N6O15. The third-order valence-electron chi connectivity index (χ3n) is 13.2. The van der Waals surface area contributed by atoms with Crippen LogP contribution in [0.2, 0.25) is 0 Å². The van der Waals surface area contributed by atoms with Crippen LogP contribution in [0.4, 0.5) is 0 Å². The minimum atomic E-state index is -1.44. The summed E-state index contributed by atoms with van der Waals surface area (Å²) < 4.78 is 49.4. The Labute approximate surface area is 458 Å². The summed E-state index contributed by atoms with van der Waals surface area (Å²) in [6, 6.07) is 16.8. The van der Waals surface area contributed by atoms with E-state index >= 15 is 0 Å². The van der Waals surface area contributed by atoms with E-state index in [4.69, 9.17) is 48.4 Å². The topological polar surface area (TPSA) is 264 Å². The average Bonchev–Trinajstić information content (AvgIpc) is 3.43. The molecule has 1 saturated carbocycles. The van der Waals surface area contributed by atoms with Gasteiger partial charge in [0, 0.05) is 31.1 Å². The van der Waals surface area contributed by atoms with Gasteiger partial charge in [-0.05, 0) is 69.6 Å². The van der Waals surface area contributed by atoms with Gasteiger partial charge >= 0.3 is 11.9 Å². The fourth-order valence-corrected chi connectivity index (χ4v) is 9.43. The van der Waals surface area contributed by atoms with Gasteiger partial charge in [-0.25, -0.2) is 4.98 Å². The molecule has 5 N–H and O–H groups in total. The second-order valence-corrected chi connectivity index (χ2v) is 20.6.